The van der Waals surface area contributed by atoms with Gasteiger partial charge in [-0.3, -0.25) is 9.52 Å². The van der Waals surface area contributed by atoms with E-state index >= 15 is 0 Å². The van der Waals surface area contributed by atoms with Gasteiger partial charge in [0, 0.05) is 5.69 Å². The summed E-state index contributed by atoms with van der Waals surface area (Å²) in [4.78, 5) is 11.9. The van der Waals surface area contributed by atoms with Gasteiger partial charge in [-0.05, 0) is 24.6 Å². The number of nitrogens with two attached hydrogens (primary N) is 1. The molecule has 0 aliphatic rings. The van der Waals surface area contributed by atoms with Crippen LogP contribution in [0.5, 0.6) is 0 Å². The number of nitrogens with one attached hydrogen (secondary N) is 2. The summed E-state index contributed by atoms with van der Waals surface area (Å²) in [5.74, 6) is -0.289. The third-order valence-corrected chi connectivity index (χ3v) is 3.64. The highest BCUT2D eigenvalue weighted by atomic mass is 35.5. The van der Waals surface area contributed by atoms with Gasteiger partial charge in [-0.15, -0.1) is 0 Å². The van der Waals surface area contributed by atoms with E-state index in [1.807, 2.05) is 6.92 Å². The molecular weight excluding hydrogens is 314 g/mol. The van der Waals surface area contributed by atoms with E-state index in [4.69, 9.17) is 17.3 Å². The molecule has 1 unspecified atom stereocenters. The Balaban J connectivity index is 2.73. The Bertz CT molecular complexity index is 605. The molecule has 0 radical (unpaired) electrons. The molecule has 1 aromatic rings. The van der Waals surface area contributed by atoms with Crippen LogP contribution in [0.15, 0.2) is 18.2 Å². The molecule has 0 saturated heterocycles. The SMILES string of the molecule is CCCCC(N)C(=O)Nc1ccc(NS(C)(=O)=O)c(Cl)c1. The Morgan fingerprint density at radius 1 is 1.43 bits per heavy atom. The number of hydrogen-bond donors (Lipinski definition) is 3. The second-order valence-electron chi connectivity index (χ2n) is 4.81. The first-order valence-electron chi connectivity index (χ1n) is 6.56. The van der Waals surface area contributed by atoms with Gasteiger partial charge < -0.3 is 11.1 Å². The summed E-state index contributed by atoms with van der Waals surface area (Å²) < 4.78 is 24.6. The fourth-order valence-corrected chi connectivity index (χ4v) is 2.53. The summed E-state index contributed by atoms with van der Waals surface area (Å²) in [5, 5.41) is 2.85. The molecule has 0 fully saturated rings. The maximum absolute atomic E-state index is 11.9. The van der Waals surface area contributed by atoms with E-state index in [0.717, 1.165) is 19.1 Å². The minimum Gasteiger partial charge on any atom is -0.325 e. The molecule has 0 aliphatic heterocycles. The van der Waals surface area contributed by atoms with E-state index in [-0.39, 0.29) is 16.6 Å². The van der Waals surface area contributed by atoms with Gasteiger partial charge in [0.1, 0.15) is 0 Å². The van der Waals surface area contributed by atoms with Crippen molar-refractivity contribution in [3.8, 4) is 0 Å². The van der Waals surface area contributed by atoms with Crippen LogP contribution in [0.2, 0.25) is 5.02 Å². The first kappa shape index (κ1) is 17.7. The van der Waals surface area contributed by atoms with Crippen molar-refractivity contribution in [1.29, 1.82) is 0 Å². The fourth-order valence-electron chi connectivity index (χ4n) is 1.67. The topological polar surface area (TPSA) is 101 Å². The maximum Gasteiger partial charge on any atom is 0.241 e. The normalized spacial score (nSPS) is 12.8. The molecule has 1 aromatic carbocycles. The number of unbranched alkanes of at least 4 members (excludes halogenated alkanes) is 1. The first-order valence-corrected chi connectivity index (χ1v) is 8.83. The number of hydrogen-bond acceptors (Lipinski definition) is 4. The number of rotatable bonds is 7. The zero-order chi connectivity index (χ0) is 16.0. The van der Waals surface area contributed by atoms with E-state index < -0.39 is 16.1 Å². The minimum absolute atomic E-state index is 0.195. The molecule has 0 heterocycles. The number of halogens is 1. The van der Waals surface area contributed by atoms with Crippen LogP contribution in [0.3, 0.4) is 0 Å². The smallest absolute Gasteiger partial charge is 0.241 e. The quantitative estimate of drug-likeness (QED) is 0.711. The summed E-state index contributed by atoms with van der Waals surface area (Å²) in [7, 11) is -3.40. The van der Waals surface area contributed by atoms with Crippen LogP contribution >= 0.6 is 11.6 Å². The molecule has 1 amide bonds. The highest BCUT2D eigenvalue weighted by Crippen LogP contribution is 2.26. The summed E-state index contributed by atoms with van der Waals surface area (Å²) in [5.41, 5.74) is 6.49. The van der Waals surface area contributed by atoms with Gasteiger partial charge in [-0.1, -0.05) is 31.4 Å². The highest BCUT2D eigenvalue weighted by molar-refractivity contribution is 7.92. The molecule has 0 spiro atoms. The van der Waals surface area contributed by atoms with Gasteiger partial charge in [-0.25, -0.2) is 8.42 Å². The van der Waals surface area contributed by atoms with Gasteiger partial charge in [0.05, 0.1) is 23.0 Å². The van der Waals surface area contributed by atoms with Crippen molar-refractivity contribution < 1.29 is 13.2 Å². The van der Waals surface area contributed by atoms with E-state index in [2.05, 4.69) is 10.0 Å². The predicted octanol–water partition coefficient (Wildman–Crippen LogP) is 2.17. The molecule has 1 atom stereocenters. The molecular formula is C13H20ClN3O3S. The van der Waals surface area contributed by atoms with Gasteiger partial charge in [0.2, 0.25) is 15.9 Å². The summed E-state index contributed by atoms with van der Waals surface area (Å²) >= 11 is 5.97. The Morgan fingerprint density at radius 2 is 2.10 bits per heavy atom. The third kappa shape index (κ3) is 6.33. The number of carbonyl (C=O) groups is 1. The molecule has 0 saturated carbocycles. The second-order valence-corrected chi connectivity index (χ2v) is 6.96. The van der Waals surface area contributed by atoms with E-state index in [1.165, 1.54) is 12.1 Å². The molecule has 6 nitrogen and oxygen atoms in total. The lowest BCUT2D eigenvalue weighted by Gasteiger charge is -2.13. The van der Waals surface area contributed by atoms with Gasteiger partial charge in [-0.2, -0.15) is 0 Å². The van der Waals surface area contributed by atoms with Crippen LogP contribution in [0.1, 0.15) is 26.2 Å². The number of anilines is 2. The van der Waals surface area contributed by atoms with Crippen molar-refractivity contribution in [2.75, 3.05) is 16.3 Å². The van der Waals surface area contributed by atoms with Gasteiger partial charge in [0.25, 0.3) is 0 Å². The molecule has 4 N–H and O–H groups in total. The monoisotopic (exact) mass is 333 g/mol. The van der Waals surface area contributed by atoms with Gasteiger partial charge in [0.15, 0.2) is 0 Å². The van der Waals surface area contributed by atoms with Crippen molar-refractivity contribution >= 4 is 38.9 Å². The predicted molar refractivity (Wildman–Crippen MR) is 86.0 cm³/mol. The Hall–Kier alpha value is -1.31. The fraction of sp³-hybridized carbons (Fsp3) is 0.462. The Morgan fingerprint density at radius 3 is 2.62 bits per heavy atom. The molecule has 8 heteroatoms. The number of benzene rings is 1. The molecule has 0 bridgehead atoms. The number of carbonyl (C=O) groups excluding carboxylic acids is 1. The van der Waals surface area contributed by atoms with Crippen LogP contribution in [0.4, 0.5) is 11.4 Å². The molecule has 118 valence electrons. The average molecular weight is 334 g/mol. The van der Waals surface area contributed by atoms with Crippen LogP contribution in [-0.2, 0) is 14.8 Å². The second kappa shape index (κ2) is 7.63. The molecule has 21 heavy (non-hydrogen) atoms. The van der Waals surface area contributed by atoms with Crippen LogP contribution in [0, 0.1) is 0 Å². The average Bonchev–Trinajstić information content (AvgIpc) is 2.37. The first-order chi connectivity index (χ1) is 9.73. The summed E-state index contributed by atoms with van der Waals surface area (Å²) in [6.45, 7) is 2.03. The molecule has 0 aromatic heterocycles. The standard InChI is InChI=1S/C13H20ClN3O3S/c1-3-4-5-11(15)13(18)16-9-6-7-12(10(14)8-9)17-21(2,19)20/h6-8,11,17H,3-5,15H2,1-2H3,(H,16,18). The minimum atomic E-state index is -3.40. The Kier molecular flexibility index (Phi) is 6.44. The molecule has 0 aliphatic carbocycles. The van der Waals surface area contributed by atoms with Crippen LogP contribution in [0.25, 0.3) is 0 Å². The van der Waals surface area contributed by atoms with E-state index in [9.17, 15) is 13.2 Å². The van der Waals surface area contributed by atoms with E-state index in [1.54, 1.807) is 6.07 Å². The van der Waals surface area contributed by atoms with Crippen molar-refractivity contribution in [2.24, 2.45) is 5.73 Å². The zero-order valence-electron chi connectivity index (χ0n) is 12.0. The number of amides is 1. The maximum atomic E-state index is 11.9. The van der Waals surface area contributed by atoms with Crippen LogP contribution < -0.4 is 15.8 Å². The summed E-state index contributed by atoms with van der Waals surface area (Å²) in [6, 6.07) is 3.94. The van der Waals surface area contributed by atoms with E-state index in [0.29, 0.717) is 12.1 Å². The lowest BCUT2D eigenvalue weighted by Crippen LogP contribution is -2.35. The summed E-state index contributed by atoms with van der Waals surface area (Å²) in [6.07, 6.45) is 3.50. The third-order valence-electron chi connectivity index (χ3n) is 2.74. The highest BCUT2D eigenvalue weighted by Gasteiger charge is 2.14. The van der Waals surface area contributed by atoms with Crippen molar-refractivity contribution in [3.05, 3.63) is 23.2 Å². The van der Waals surface area contributed by atoms with Gasteiger partial charge >= 0.3 is 0 Å². The molecule has 1 rings (SSSR count). The van der Waals surface area contributed by atoms with Crippen molar-refractivity contribution in [2.45, 2.75) is 32.2 Å². The lowest BCUT2D eigenvalue weighted by atomic mass is 10.1. The number of sulfonamides is 1. The lowest BCUT2D eigenvalue weighted by molar-refractivity contribution is -0.117. The van der Waals surface area contributed by atoms with Crippen LogP contribution in [-0.4, -0.2) is 26.6 Å². The van der Waals surface area contributed by atoms with Crippen molar-refractivity contribution in [3.63, 3.8) is 0 Å². The van der Waals surface area contributed by atoms with Crippen molar-refractivity contribution in [1.82, 2.24) is 0 Å². The zero-order valence-corrected chi connectivity index (χ0v) is 13.6. The largest absolute Gasteiger partial charge is 0.325 e. The Labute approximate surface area is 130 Å².